The van der Waals surface area contributed by atoms with Crippen molar-refractivity contribution in [2.24, 2.45) is 5.90 Å². The first-order valence-corrected chi connectivity index (χ1v) is 11.9. The van der Waals surface area contributed by atoms with Crippen LogP contribution in [0, 0.1) is 0 Å². The summed E-state index contributed by atoms with van der Waals surface area (Å²) in [6.07, 6.45) is 0. The highest BCUT2D eigenvalue weighted by molar-refractivity contribution is 6.20. The van der Waals surface area contributed by atoms with Crippen LogP contribution in [0.5, 0.6) is 34.5 Å². The molecule has 2 amide bonds. The van der Waals surface area contributed by atoms with E-state index in [2.05, 4.69) is 4.84 Å². The van der Waals surface area contributed by atoms with Crippen LogP contribution in [0.15, 0.2) is 48.5 Å². The Morgan fingerprint density at radius 2 is 0.975 bits per heavy atom. The standard InChI is InChI=1S/C18H17NO6.C10H15NO4/c1-22-11-8-15(23-2)14(16(9-11)24-3)10-25-19-17(20)12-6-4-5-7-13(12)18(19)21;1-12-7-4-9(13-2)8(6-15-11)10(5-7)14-3/h4-9H,10H2,1-3H3;4-5H,6,11H2,1-3H3. The Kier molecular flexibility index (Phi) is 10.5. The second kappa shape index (κ2) is 14.0. The number of amides is 2. The van der Waals surface area contributed by atoms with Crippen molar-refractivity contribution >= 4 is 11.8 Å². The molecule has 0 saturated heterocycles. The van der Waals surface area contributed by atoms with Gasteiger partial charge in [0.25, 0.3) is 11.8 Å². The Morgan fingerprint density at radius 1 is 0.600 bits per heavy atom. The summed E-state index contributed by atoms with van der Waals surface area (Å²) in [6.45, 7) is 0.137. The number of carbonyl (C=O) groups excluding carboxylic acids is 2. The molecule has 0 bridgehead atoms. The van der Waals surface area contributed by atoms with Gasteiger partial charge in [0.05, 0.1) is 64.9 Å². The molecule has 4 rings (SSSR count). The maximum atomic E-state index is 12.3. The number of carbonyl (C=O) groups is 2. The minimum atomic E-state index is -0.493. The van der Waals surface area contributed by atoms with Gasteiger partial charge < -0.3 is 28.4 Å². The molecule has 12 heteroatoms. The van der Waals surface area contributed by atoms with Crippen LogP contribution in [0.3, 0.4) is 0 Å². The number of ether oxygens (including phenoxy) is 6. The number of hydrogen-bond acceptors (Lipinski definition) is 11. The van der Waals surface area contributed by atoms with Gasteiger partial charge in [-0.25, -0.2) is 5.90 Å². The summed E-state index contributed by atoms with van der Waals surface area (Å²) < 4.78 is 31.3. The zero-order valence-corrected chi connectivity index (χ0v) is 23.1. The summed E-state index contributed by atoms with van der Waals surface area (Å²) >= 11 is 0. The summed E-state index contributed by atoms with van der Waals surface area (Å²) in [5, 5.41) is 0.758. The lowest BCUT2D eigenvalue weighted by molar-refractivity contribution is -0.101. The second-order valence-corrected chi connectivity index (χ2v) is 8.06. The van der Waals surface area contributed by atoms with Gasteiger partial charge in [0.15, 0.2) is 0 Å². The third-order valence-corrected chi connectivity index (χ3v) is 5.96. The topological polar surface area (TPSA) is 137 Å². The van der Waals surface area contributed by atoms with Gasteiger partial charge in [0.1, 0.15) is 47.7 Å². The van der Waals surface area contributed by atoms with E-state index >= 15 is 0 Å². The molecular formula is C28H32N2O10. The third-order valence-electron chi connectivity index (χ3n) is 5.96. The maximum absolute atomic E-state index is 12.3. The number of hydroxylamine groups is 2. The number of rotatable bonds is 11. The second-order valence-electron chi connectivity index (χ2n) is 8.06. The van der Waals surface area contributed by atoms with Crippen LogP contribution in [0.25, 0.3) is 0 Å². The van der Waals surface area contributed by atoms with E-state index < -0.39 is 11.8 Å². The molecule has 0 atom stereocenters. The summed E-state index contributed by atoms with van der Waals surface area (Å²) in [5.74, 6) is 7.43. The highest BCUT2D eigenvalue weighted by Gasteiger charge is 2.36. The van der Waals surface area contributed by atoms with Gasteiger partial charge in [-0.05, 0) is 12.1 Å². The molecule has 3 aromatic rings. The summed E-state index contributed by atoms with van der Waals surface area (Å²) in [7, 11) is 9.23. The molecule has 1 aliphatic rings. The van der Waals surface area contributed by atoms with E-state index in [9.17, 15) is 9.59 Å². The highest BCUT2D eigenvalue weighted by Crippen LogP contribution is 2.36. The summed E-state index contributed by atoms with van der Waals surface area (Å²) in [5.41, 5.74) is 1.95. The molecule has 0 aromatic heterocycles. The predicted octanol–water partition coefficient (Wildman–Crippen LogP) is 3.54. The first kappa shape index (κ1) is 30.0. The van der Waals surface area contributed by atoms with Crippen molar-refractivity contribution in [3.63, 3.8) is 0 Å². The van der Waals surface area contributed by atoms with E-state index in [1.807, 2.05) is 0 Å². The van der Waals surface area contributed by atoms with Crippen LogP contribution in [0.2, 0.25) is 0 Å². The fourth-order valence-corrected chi connectivity index (χ4v) is 3.94. The van der Waals surface area contributed by atoms with Gasteiger partial charge >= 0.3 is 0 Å². The zero-order chi connectivity index (χ0) is 29.2. The SMILES string of the molecule is COc1cc(OC)c(CON)c(OC)c1.COc1cc(OC)c(CON2C(=O)c3ccccc3C2=O)c(OC)c1. The minimum Gasteiger partial charge on any atom is -0.496 e. The molecule has 0 aliphatic carbocycles. The number of benzene rings is 3. The lowest BCUT2D eigenvalue weighted by Crippen LogP contribution is -2.29. The monoisotopic (exact) mass is 556 g/mol. The average Bonchev–Trinajstić information content (AvgIpc) is 3.24. The van der Waals surface area contributed by atoms with Gasteiger partial charge in [-0.15, -0.1) is 5.06 Å². The zero-order valence-electron chi connectivity index (χ0n) is 23.1. The van der Waals surface area contributed by atoms with Crippen LogP contribution in [-0.2, 0) is 22.9 Å². The Morgan fingerprint density at radius 3 is 1.30 bits per heavy atom. The van der Waals surface area contributed by atoms with E-state index in [-0.39, 0.29) is 13.2 Å². The number of methoxy groups -OCH3 is 6. The normalized spacial score (nSPS) is 11.8. The van der Waals surface area contributed by atoms with Crippen molar-refractivity contribution < 1.29 is 47.7 Å². The third kappa shape index (κ3) is 6.37. The molecular weight excluding hydrogens is 524 g/mol. The number of fused-ring (bicyclic) bond motifs is 1. The van der Waals surface area contributed by atoms with Crippen LogP contribution < -0.4 is 34.3 Å². The first-order chi connectivity index (χ1) is 19.4. The summed E-state index contributed by atoms with van der Waals surface area (Å²) in [4.78, 5) is 34.7. The number of imide groups is 1. The Labute approximate surface area is 231 Å². The minimum absolute atomic E-state index is 0.0815. The number of nitrogens with two attached hydrogens (primary N) is 1. The molecule has 214 valence electrons. The Bertz CT molecular complexity index is 1260. The molecule has 40 heavy (non-hydrogen) atoms. The van der Waals surface area contributed by atoms with Crippen molar-refractivity contribution in [3.05, 3.63) is 70.8 Å². The van der Waals surface area contributed by atoms with E-state index in [0.29, 0.717) is 51.2 Å². The van der Waals surface area contributed by atoms with Crippen LogP contribution in [0.1, 0.15) is 31.8 Å². The molecule has 0 fully saturated rings. The van der Waals surface area contributed by atoms with Gasteiger partial charge in [0, 0.05) is 24.3 Å². The molecule has 0 spiro atoms. The Hall–Kier alpha value is -4.52. The van der Waals surface area contributed by atoms with E-state index in [1.54, 1.807) is 69.9 Å². The Balaban J connectivity index is 0.000000252. The van der Waals surface area contributed by atoms with Crippen LogP contribution in [-0.4, -0.2) is 59.5 Å². The molecule has 1 heterocycles. The average molecular weight is 557 g/mol. The van der Waals surface area contributed by atoms with Gasteiger partial charge in [-0.3, -0.25) is 19.3 Å². The molecule has 0 radical (unpaired) electrons. The molecule has 1 aliphatic heterocycles. The quantitative estimate of drug-likeness (QED) is 0.274. The predicted molar refractivity (Wildman–Crippen MR) is 143 cm³/mol. The van der Waals surface area contributed by atoms with Gasteiger partial charge in [-0.1, -0.05) is 12.1 Å². The molecule has 12 nitrogen and oxygen atoms in total. The smallest absolute Gasteiger partial charge is 0.285 e. The van der Waals surface area contributed by atoms with Gasteiger partial charge in [0.2, 0.25) is 0 Å². The molecule has 0 unspecified atom stereocenters. The van der Waals surface area contributed by atoms with Crippen molar-refractivity contribution in [1.29, 1.82) is 0 Å². The first-order valence-electron chi connectivity index (χ1n) is 11.9. The fourth-order valence-electron chi connectivity index (χ4n) is 3.94. The number of hydrogen-bond donors (Lipinski definition) is 1. The lowest BCUT2D eigenvalue weighted by Gasteiger charge is -2.18. The molecule has 0 saturated carbocycles. The summed E-state index contributed by atoms with van der Waals surface area (Å²) in [6, 6.07) is 13.4. The van der Waals surface area contributed by atoms with E-state index in [0.717, 1.165) is 10.6 Å². The highest BCUT2D eigenvalue weighted by atomic mass is 16.7. The van der Waals surface area contributed by atoms with Crippen LogP contribution >= 0.6 is 0 Å². The van der Waals surface area contributed by atoms with Crippen molar-refractivity contribution in [1.82, 2.24) is 5.06 Å². The van der Waals surface area contributed by atoms with Crippen molar-refractivity contribution in [2.45, 2.75) is 13.2 Å². The van der Waals surface area contributed by atoms with E-state index in [1.165, 1.54) is 21.3 Å². The van der Waals surface area contributed by atoms with Crippen molar-refractivity contribution in [2.75, 3.05) is 42.7 Å². The molecule has 3 aromatic carbocycles. The fraction of sp³-hybridized carbons (Fsp3) is 0.286. The van der Waals surface area contributed by atoms with Gasteiger partial charge in [-0.2, -0.15) is 0 Å². The van der Waals surface area contributed by atoms with Crippen LogP contribution in [0.4, 0.5) is 0 Å². The number of nitrogens with zero attached hydrogens (tertiary/aromatic N) is 1. The molecule has 2 N–H and O–H groups in total. The maximum Gasteiger partial charge on any atom is 0.285 e. The van der Waals surface area contributed by atoms with E-state index in [4.69, 9.17) is 39.2 Å². The lowest BCUT2D eigenvalue weighted by atomic mass is 10.1. The largest absolute Gasteiger partial charge is 0.496 e. The van der Waals surface area contributed by atoms with Crippen molar-refractivity contribution in [3.8, 4) is 34.5 Å².